The lowest BCUT2D eigenvalue weighted by molar-refractivity contribution is 0.0998. The molecule has 0 aromatic heterocycles. The molecule has 2 atom stereocenters. The summed E-state index contributed by atoms with van der Waals surface area (Å²) in [5.41, 5.74) is 0.688. The molecule has 2 fully saturated rings. The van der Waals surface area contributed by atoms with E-state index in [9.17, 15) is 9.59 Å². The minimum Gasteiger partial charge on any atom is -0.494 e. The smallest absolute Gasteiger partial charge is 0.407 e. The van der Waals surface area contributed by atoms with Gasteiger partial charge in [0.25, 0.3) is 0 Å². The third-order valence-electron chi connectivity index (χ3n) is 4.72. The van der Waals surface area contributed by atoms with Crippen LogP contribution >= 0.6 is 0 Å². The van der Waals surface area contributed by atoms with Crippen molar-refractivity contribution in [3.8, 4) is 5.75 Å². The van der Waals surface area contributed by atoms with Gasteiger partial charge in [-0.15, -0.1) is 0 Å². The summed E-state index contributed by atoms with van der Waals surface area (Å²) in [5.74, 6) is 0.825. The Bertz CT molecular complexity index is 587. The lowest BCUT2D eigenvalue weighted by Gasteiger charge is -2.32. The molecular formula is C17H22N2O4. The number of piperazine rings is 1. The van der Waals surface area contributed by atoms with Crippen molar-refractivity contribution in [2.45, 2.75) is 31.8 Å². The molecule has 0 unspecified atom stereocenters. The van der Waals surface area contributed by atoms with Crippen LogP contribution in [0.2, 0.25) is 0 Å². The number of carboxylic acid groups (broad SMARTS) is 1. The molecule has 6 heteroatoms. The minimum absolute atomic E-state index is 0.0519. The molecule has 0 aliphatic carbocycles. The molecule has 23 heavy (non-hydrogen) atoms. The van der Waals surface area contributed by atoms with Crippen molar-refractivity contribution in [3.05, 3.63) is 29.8 Å². The van der Waals surface area contributed by atoms with Crippen molar-refractivity contribution in [1.29, 1.82) is 0 Å². The van der Waals surface area contributed by atoms with Gasteiger partial charge >= 0.3 is 6.09 Å². The summed E-state index contributed by atoms with van der Waals surface area (Å²) in [6.07, 6.45) is 1.07. The van der Waals surface area contributed by atoms with E-state index in [2.05, 4.69) is 4.90 Å². The fraction of sp³-hybridized carbons (Fsp3) is 0.529. The third-order valence-corrected chi connectivity index (χ3v) is 4.72. The second-order valence-corrected chi connectivity index (χ2v) is 6.26. The van der Waals surface area contributed by atoms with Crippen LogP contribution in [0.25, 0.3) is 0 Å². The average Bonchev–Trinajstić information content (AvgIpc) is 3.12. The van der Waals surface area contributed by atoms with Crippen LogP contribution in [0.1, 0.15) is 30.1 Å². The van der Waals surface area contributed by atoms with Gasteiger partial charge in [0.15, 0.2) is 5.78 Å². The number of hydrogen-bond acceptors (Lipinski definition) is 4. The maximum Gasteiger partial charge on any atom is 0.407 e. The Morgan fingerprint density at radius 3 is 2.52 bits per heavy atom. The number of amides is 1. The Hall–Kier alpha value is -2.08. The van der Waals surface area contributed by atoms with E-state index in [1.54, 1.807) is 24.0 Å². The van der Waals surface area contributed by atoms with Crippen LogP contribution in [0, 0.1) is 0 Å². The number of hydrogen-bond donors (Lipinski definition) is 1. The van der Waals surface area contributed by atoms with E-state index in [-0.39, 0.29) is 11.8 Å². The van der Waals surface area contributed by atoms with Crippen molar-refractivity contribution in [1.82, 2.24) is 9.80 Å². The van der Waals surface area contributed by atoms with Crippen molar-refractivity contribution in [3.63, 3.8) is 0 Å². The molecule has 0 spiro atoms. The van der Waals surface area contributed by atoms with Crippen molar-refractivity contribution in [2.24, 2.45) is 0 Å². The lowest BCUT2D eigenvalue weighted by Crippen LogP contribution is -2.48. The predicted octanol–water partition coefficient (Wildman–Crippen LogP) is 2.09. The van der Waals surface area contributed by atoms with Gasteiger partial charge in [-0.25, -0.2) is 4.79 Å². The number of ether oxygens (including phenoxy) is 1. The Morgan fingerprint density at radius 2 is 1.96 bits per heavy atom. The van der Waals surface area contributed by atoms with E-state index in [1.807, 2.05) is 12.1 Å². The first kappa shape index (κ1) is 15.8. The largest absolute Gasteiger partial charge is 0.494 e. The fourth-order valence-corrected chi connectivity index (χ4v) is 3.50. The van der Waals surface area contributed by atoms with Gasteiger partial charge in [-0.1, -0.05) is 0 Å². The minimum atomic E-state index is -0.797. The summed E-state index contributed by atoms with van der Waals surface area (Å²) < 4.78 is 5.70. The Balaban J connectivity index is 1.38. The second kappa shape index (κ2) is 6.58. The molecule has 2 saturated heterocycles. The summed E-state index contributed by atoms with van der Waals surface area (Å²) in [5, 5.41) is 9.08. The molecule has 2 bridgehead atoms. The first-order chi connectivity index (χ1) is 11.0. The van der Waals surface area contributed by atoms with Gasteiger partial charge in [0.05, 0.1) is 6.61 Å². The first-order valence-corrected chi connectivity index (χ1v) is 8.02. The van der Waals surface area contributed by atoms with E-state index in [0.29, 0.717) is 24.8 Å². The number of likely N-dealkylation sites (tertiary alicyclic amines) is 2. The molecule has 1 aromatic rings. The van der Waals surface area contributed by atoms with E-state index in [0.717, 1.165) is 31.7 Å². The molecule has 3 rings (SSSR count). The quantitative estimate of drug-likeness (QED) is 0.642. The molecule has 6 nitrogen and oxygen atoms in total. The van der Waals surface area contributed by atoms with E-state index in [1.165, 1.54) is 0 Å². The maximum absolute atomic E-state index is 11.2. The zero-order valence-electron chi connectivity index (χ0n) is 13.3. The Labute approximate surface area is 135 Å². The lowest BCUT2D eigenvalue weighted by atomic mass is 10.1. The van der Waals surface area contributed by atoms with Gasteiger partial charge < -0.3 is 14.7 Å². The molecule has 0 saturated carbocycles. The van der Waals surface area contributed by atoms with Gasteiger partial charge in [0.1, 0.15) is 5.75 Å². The molecular weight excluding hydrogens is 296 g/mol. The normalized spacial score (nSPS) is 23.3. The summed E-state index contributed by atoms with van der Waals surface area (Å²) >= 11 is 0. The molecule has 2 aliphatic rings. The highest BCUT2D eigenvalue weighted by Crippen LogP contribution is 2.30. The van der Waals surface area contributed by atoms with E-state index in [4.69, 9.17) is 9.84 Å². The zero-order valence-corrected chi connectivity index (χ0v) is 13.3. The van der Waals surface area contributed by atoms with Gasteiger partial charge in [0, 0.05) is 37.3 Å². The zero-order chi connectivity index (χ0) is 16.4. The number of ketones is 1. The molecule has 0 radical (unpaired) electrons. The predicted molar refractivity (Wildman–Crippen MR) is 85.1 cm³/mol. The van der Waals surface area contributed by atoms with Crippen LogP contribution in [0.4, 0.5) is 4.79 Å². The number of benzene rings is 1. The highest BCUT2D eigenvalue weighted by atomic mass is 16.5. The molecule has 2 aliphatic heterocycles. The van der Waals surface area contributed by atoms with Crippen LogP contribution < -0.4 is 4.74 Å². The second-order valence-electron chi connectivity index (χ2n) is 6.26. The summed E-state index contributed by atoms with van der Waals surface area (Å²) in [7, 11) is 0. The average molecular weight is 318 g/mol. The highest BCUT2D eigenvalue weighted by molar-refractivity contribution is 5.94. The van der Waals surface area contributed by atoms with Gasteiger partial charge in [-0.3, -0.25) is 9.69 Å². The van der Waals surface area contributed by atoms with Crippen LogP contribution in [0.5, 0.6) is 5.75 Å². The van der Waals surface area contributed by atoms with Crippen LogP contribution in [-0.4, -0.2) is 65.1 Å². The molecule has 1 aromatic carbocycles. The number of nitrogens with zero attached hydrogens (tertiary/aromatic N) is 2. The standard InChI is InChI=1S/C17H22N2O4/c1-12(20)13-3-5-16(6-4-13)23-8-2-7-18-10-15-9-14(18)11-19(15)17(21)22/h3-6,14-15H,2,7-11H2,1H3,(H,21,22)/t14-,15-/m0/s1. The summed E-state index contributed by atoms with van der Waals surface area (Å²) in [6.45, 7) is 4.57. The maximum atomic E-state index is 11.2. The Kier molecular flexibility index (Phi) is 4.52. The van der Waals surface area contributed by atoms with Crippen molar-refractivity contribution in [2.75, 3.05) is 26.2 Å². The van der Waals surface area contributed by atoms with Gasteiger partial charge in [-0.05, 0) is 44.0 Å². The topological polar surface area (TPSA) is 70.1 Å². The number of rotatable bonds is 6. The summed E-state index contributed by atoms with van der Waals surface area (Å²) in [6, 6.07) is 7.72. The third kappa shape index (κ3) is 3.47. The highest BCUT2D eigenvalue weighted by Gasteiger charge is 2.44. The number of carbonyl (C=O) groups is 2. The Morgan fingerprint density at radius 1 is 1.22 bits per heavy atom. The molecule has 2 heterocycles. The van der Waals surface area contributed by atoms with E-state index < -0.39 is 6.09 Å². The molecule has 1 amide bonds. The summed E-state index contributed by atoms with van der Waals surface area (Å²) in [4.78, 5) is 26.2. The van der Waals surface area contributed by atoms with Crippen LogP contribution in [-0.2, 0) is 0 Å². The SMILES string of the molecule is CC(=O)c1ccc(OCCCN2C[C@@H]3C[C@H]2CN3C(=O)O)cc1. The molecule has 124 valence electrons. The van der Waals surface area contributed by atoms with Crippen LogP contribution in [0.3, 0.4) is 0 Å². The van der Waals surface area contributed by atoms with E-state index >= 15 is 0 Å². The molecule has 1 N–H and O–H groups in total. The van der Waals surface area contributed by atoms with Crippen molar-refractivity contribution >= 4 is 11.9 Å². The number of Topliss-reactive ketones (excluding diaryl/α,β-unsaturated/α-hetero) is 1. The van der Waals surface area contributed by atoms with Gasteiger partial charge in [-0.2, -0.15) is 0 Å². The fourth-order valence-electron chi connectivity index (χ4n) is 3.50. The number of carbonyl (C=O) groups excluding carboxylic acids is 1. The van der Waals surface area contributed by atoms with Crippen molar-refractivity contribution < 1.29 is 19.4 Å². The van der Waals surface area contributed by atoms with Crippen LogP contribution in [0.15, 0.2) is 24.3 Å². The number of fused-ring (bicyclic) bond motifs is 2. The first-order valence-electron chi connectivity index (χ1n) is 8.02. The van der Waals surface area contributed by atoms with Gasteiger partial charge in [0.2, 0.25) is 0 Å². The monoisotopic (exact) mass is 318 g/mol.